The van der Waals surface area contributed by atoms with Crippen LogP contribution in [0.3, 0.4) is 0 Å². The van der Waals surface area contributed by atoms with Crippen LogP contribution in [0.2, 0.25) is 0 Å². The molecule has 0 radical (unpaired) electrons. The number of carbonyl (C=O) groups is 2. The van der Waals surface area contributed by atoms with Gasteiger partial charge in [0.15, 0.2) is 0 Å². The molecular weight excluding hydrogens is 374 g/mol. The van der Waals surface area contributed by atoms with Gasteiger partial charge in [-0.15, -0.1) is 0 Å². The largest absolute Gasteiger partial charge is 0.488 e. The van der Waals surface area contributed by atoms with E-state index in [2.05, 4.69) is 4.74 Å². The van der Waals surface area contributed by atoms with Crippen molar-refractivity contribution >= 4 is 18.0 Å². The summed E-state index contributed by atoms with van der Waals surface area (Å²) >= 11 is 0. The number of hydrogen-bond donors (Lipinski definition) is 0. The Balaban J connectivity index is 2.10. The van der Waals surface area contributed by atoms with Crippen molar-refractivity contribution in [1.82, 2.24) is 0 Å². The Morgan fingerprint density at radius 1 is 1.03 bits per heavy atom. The molecule has 2 aromatic carbocycles. The van der Waals surface area contributed by atoms with E-state index >= 15 is 0 Å². The van der Waals surface area contributed by atoms with E-state index < -0.39 is 11.9 Å². The fourth-order valence-electron chi connectivity index (χ4n) is 2.34. The third-order valence-electron chi connectivity index (χ3n) is 3.85. The molecule has 0 heterocycles. The number of hydrogen-bond acceptors (Lipinski definition) is 7. The molecule has 0 spiro atoms. The summed E-state index contributed by atoms with van der Waals surface area (Å²) in [5.41, 5.74) is 1.72. The minimum Gasteiger partial charge on any atom is -0.488 e. The van der Waals surface area contributed by atoms with Crippen LogP contribution >= 0.6 is 0 Å². The summed E-state index contributed by atoms with van der Waals surface area (Å²) in [5.74, 6) is -0.630. The second-order valence-electron chi connectivity index (χ2n) is 5.81. The van der Waals surface area contributed by atoms with Crippen molar-refractivity contribution in [1.29, 1.82) is 5.26 Å². The second-order valence-corrected chi connectivity index (χ2v) is 5.81. The summed E-state index contributed by atoms with van der Waals surface area (Å²) in [6.07, 6.45) is 1.42. The topological polar surface area (TPSA) is 94.9 Å². The summed E-state index contributed by atoms with van der Waals surface area (Å²) < 4.78 is 20.3. The lowest BCUT2D eigenvalue weighted by Crippen LogP contribution is -2.11. The zero-order chi connectivity index (χ0) is 21.1. The number of rotatable bonds is 9. The highest BCUT2D eigenvalue weighted by atomic mass is 16.6. The monoisotopic (exact) mass is 395 g/mol. The fraction of sp³-hybridized carbons (Fsp3) is 0.227. The SMILES string of the molecule is COCCOC(=O)/C(C#N)=C/c1ccccc1OCc1ccc(C(=O)OC)cc1. The number of carbonyl (C=O) groups excluding carboxylic acids is 2. The van der Waals surface area contributed by atoms with Gasteiger partial charge in [-0.25, -0.2) is 9.59 Å². The van der Waals surface area contributed by atoms with Crippen LogP contribution in [0.5, 0.6) is 5.75 Å². The molecule has 0 saturated carbocycles. The molecule has 7 heteroatoms. The number of nitrogens with zero attached hydrogens (tertiary/aromatic N) is 1. The predicted molar refractivity (Wildman–Crippen MR) is 105 cm³/mol. The Hall–Kier alpha value is -3.63. The third kappa shape index (κ3) is 6.48. The molecule has 0 aliphatic rings. The lowest BCUT2D eigenvalue weighted by molar-refractivity contribution is -0.139. The lowest BCUT2D eigenvalue weighted by atomic mass is 10.1. The van der Waals surface area contributed by atoms with E-state index in [0.29, 0.717) is 16.9 Å². The highest BCUT2D eigenvalue weighted by Crippen LogP contribution is 2.22. The molecule has 0 amide bonds. The van der Waals surface area contributed by atoms with E-state index in [-0.39, 0.29) is 25.4 Å². The molecule has 0 N–H and O–H groups in total. The maximum Gasteiger partial charge on any atom is 0.348 e. The van der Waals surface area contributed by atoms with Crippen LogP contribution < -0.4 is 4.74 Å². The van der Waals surface area contributed by atoms with E-state index in [1.807, 2.05) is 6.07 Å². The van der Waals surface area contributed by atoms with Gasteiger partial charge in [0.2, 0.25) is 0 Å². The molecule has 0 unspecified atom stereocenters. The molecule has 0 aromatic heterocycles. The van der Waals surface area contributed by atoms with Crippen LogP contribution in [-0.4, -0.2) is 39.4 Å². The normalized spacial score (nSPS) is 10.7. The van der Waals surface area contributed by atoms with Gasteiger partial charge in [-0.3, -0.25) is 0 Å². The number of ether oxygens (including phenoxy) is 4. The van der Waals surface area contributed by atoms with Gasteiger partial charge in [0.1, 0.15) is 30.6 Å². The highest BCUT2D eigenvalue weighted by Gasteiger charge is 2.12. The smallest absolute Gasteiger partial charge is 0.348 e. The molecule has 7 nitrogen and oxygen atoms in total. The Kier molecular flexibility index (Phi) is 8.42. The first-order valence-electron chi connectivity index (χ1n) is 8.76. The first-order valence-corrected chi connectivity index (χ1v) is 8.76. The first kappa shape index (κ1) is 21.7. The number of methoxy groups -OCH3 is 2. The van der Waals surface area contributed by atoms with E-state index in [0.717, 1.165) is 5.56 Å². The maximum absolute atomic E-state index is 12.0. The summed E-state index contributed by atoms with van der Waals surface area (Å²) in [6.45, 7) is 0.555. The number of nitriles is 1. The molecule has 0 fully saturated rings. The lowest BCUT2D eigenvalue weighted by Gasteiger charge is -2.10. The summed E-state index contributed by atoms with van der Waals surface area (Å²) in [6, 6.07) is 15.7. The van der Waals surface area contributed by atoms with Crippen molar-refractivity contribution in [2.24, 2.45) is 0 Å². The van der Waals surface area contributed by atoms with Crippen LogP contribution in [-0.2, 0) is 25.6 Å². The summed E-state index contributed by atoms with van der Waals surface area (Å²) in [7, 11) is 2.82. The molecule has 0 atom stereocenters. The molecule has 2 aromatic rings. The minimum absolute atomic E-state index is 0.0636. The molecule has 0 aliphatic heterocycles. The molecular formula is C22H21NO6. The van der Waals surface area contributed by atoms with Gasteiger partial charge in [0, 0.05) is 12.7 Å². The zero-order valence-electron chi connectivity index (χ0n) is 16.2. The average molecular weight is 395 g/mol. The molecule has 29 heavy (non-hydrogen) atoms. The van der Waals surface area contributed by atoms with Gasteiger partial charge >= 0.3 is 11.9 Å². The standard InChI is InChI=1S/C22H21NO6/c1-26-11-12-28-22(25)19(14-23)13-18-5-3-4-6-20(18)29-15-16-7-9-17(10-8-16)21(24)27-2/h3-10,13H,11-12,15H2,1-2H3/b19-13+. The van der Waals surface area contributed by atoms with Crippen LogP contribution in [0.25, 0.3) is 6.08 Å². The van der Waals surface area contributed by atoms with E-state index in [9.17, 15) is 14.9 Å². The molecule has 0 bridgehead atoms. The highest BCUT2D eigenvalue weighted by molar-refractivity contribution is 5.98. The van der Waals surface area contributed by atoms with Crippen molar-refractivity contribution in [3.05, 3.63) is 70.8 Å². The summed E-state index contributed by atoms with van der Waals surface area (Å²) in [5, 5.41) is 9.28. The number of esters is 2. The predicted octanol–water partition coefficient (Wildman–Crippen LogP) is 3.15. The minimum atomic E-state index is -0.724. The van der Waals surface area contributed by atoms with E-state index in [1.165, 1.54) is 20.3 Å². The van der Waals surface area contributed by atoms with E-state index in [4.69, 9.17) is 14.2 Å². The Bertz CT molecular complexity index is 912. The van der Waals surface area contributed by atoms with Gasteiger partial charge in [0.25, 0.3) is 0 Å². The van der Waals surface area contributed by atoms with Gasteiger partial charge in [-0.05, 0) is 29.8 Å². The maximum atomic E-state index is 12.0. The van der Waals surface area contributed by atoms with E-state index in [1.54, 1.807) is 48.5 Å². The Morgan fingerprint density at radius 3 is 2.41 bits per heavy atom. The van der Waals surface area contributed by atoms with Gasteiger partial charge in [-0.2, -0.15) is 5.26 Å². The van der Waals surface area contributed by atoms with Crippen LogP contribution in [0.4, 0.5) is 0 Å². The molecule has 0 saturated heterocycles. The molecule has 0 aliphatic carbocycles. The van der Waals surface area contributed by atoms with Crippen LogP contribution in [0.1, 0.15) is 21.5 Å². The van der Waals surface area contributed by atoms with Crippen molar-refractivity contribution in [2.75, 3.05) is 27.4 Å². The van der Waals surface area contributed by atoms with Gasteiger partial charge in [0.05, 0.1) is 19.3 Å². The van der Waals surface area contributed by atoms with Crippen molar-refractivity contribution < 1.29 is 28.5 Å². The molecule has 2 rings (SSSR count). The number of benzene rings is 2. The Labute approximate surface area is 169 Å². The van der Waals surface area contributed by atoms with Crippen molar-refractivity contribution in [3.63, 3.8) is 0 Å². The quantitative estimate of drug-likeness (QED) is 0.279. The zero-order valence-corrected chi connectivity index (χ0v) is 16.2. The van der Waals surface area contributed by atoms with Crippen LogP contribution in [0.15, 0.2) is 54.1 Å². The Morgan fingerprint density at radius 2 is 1.76 bits per heavy atom. The average Bonchev–Trinajstić information content (AvgIpc) is 2.76. The summed E-state index contributed by atoms with van der Waals surface area (Å²) in [4.78, 5) is 23.5. The van der Waals surface area contributed by atoms with Crippen LogP contribution in [0, 0.1) is 11.3 Å². The number of para-hydroxylation sites is 1. The first-order chi connectivity index (χ1) is 14.1. The van der Waals surface area contributed by atoms with Crippen molar-refractivity contribution in [2.45, 2.75) is 6.61 Å². The second kappa shape index (κ2) is 11.3. The van der Waals surface area contributed by atoms with Gasteiger partial charge < -0.3 is 18.9 Å². The van der Waals surface area contributed by atoms with Crippen molar-refractivity contribution in [3.8, 4) is 11.8 Å². The third-order valence-corrected chi connectivity index (χ3v) is 3.85. The van der Waals surface area contributed by atoms with Gasteiger partial charge in [-0.1, -0.05) is 30.3 Å². The molecule has 150 valence electrons. The fourth-order valence-corrected chi connectivity index (χ4v) is 2.34.